The summed E-state index contributed by atoms with van der Waals surface area (Å²) in [6.45, 7) is 0. The fourth-order valence-electron chi connectivity index (χ4n) is 10.6. The number of hydrogen-bond acceptors (Lipinski definition) is 0. The van der Waals surface area contributed by atoms with E-state index in [1.165, 1.54) is 6.16 Å². The summed E-state index contributed by atoms with van der Waals surface area (Å²) in [7, 11) is 3.12. The van der Waals surface area contributed by atoms with Gasteiger partial charge in [0.2, 0.25) is 0 Å². The van der Waals surface area contributed by atoms with Crippen molar-refractivity contribution in [3.05, 3.63) is 0 Å². The molecule has 0 aromatic rings. The third kappa shape index (κ3) is 2.14. The summed E-state index contributed by atoms with van der Waals surface area (Å²) < 4.78 is 0. The summed E-state index contributed by atoms with van der Waals surface area (Å²) in [5, 5.41) is 0. The molecule has 0 aromatic carbocycles. The van der Waals surface area contributed by atoms with Crippen molar-refractivity contribution in [2.75, 3.05) is 6.16 Å². The summed E-state index contributed by atoms with van der Waals surface area (Å²) in [6, 6.07) is 0. The van der Waals surface area contributed by atoms with Gasteiger partial charge in [-0.15, -0.1) is 9.24 Å². The zero-order chi connectivity index (χ0) is 15.9. The van der Waals surface area contributed by atoms with Gasteiger partial charge in [0.1, 0.15) is 0 Å². The molecule has 8 aliphatic carbocycles. The van der Waals surface area contributed by atoms with Crippen LogP contribution >= 0.6 is 9.24 Å². The van der Waals surface area contributed by atoms with E-state index < -0.39 is 0 Å². The first-order valence-electron chi connectivity index (χ1n) is 11.4. The molecule has 1 heteroatoms. The highest BCUT2D eigenvalue weighted by Gasteiger charge is 2.62. The zero-order valence-electron chi connectivity index (χ0n) is 15.5. The molecular formula is C23H37P. The SMILES string of the molecule is PCCC(C12CC3CC(CC(C3)C1)C2)C12CC3CC(CC(C3)C1)C2. The van der Waals surface area contributed by atoms with E-state index in [-0.39, 0.29) is 0 Å². The van der Waals surface area contributed by atoms with E-state index >= 15 is 0 Å². The standard InChI is InChI=1S/C23H37P/c24-2-1-21(22-9-15-3-16(10-22)5-17(4-15)11-22)23-12-18-6-19(13-23)8-20(7-18)14-23/h15-21H,1-14,24H2. The van der Waals surface area contributed by atoms with E-state index in [0.29, 0.717) is 0 Å². The Morgan fingerprint density at radius 1 is 0.583 bits per heavy atom. The maximum absolute atomic E-state index is 3.12. The lowest BCUT2D eigenvalue weighted by Gasteiger charge is -2.67. The smallest absolute Gasteiger partial charge is 0.0256 e. The van der Waals surface area contributed by atoms with Gasteiger partial charge in [0.05, 0.1) is 0 Å². The van der Waals surface area contributed by atoms with Crippen LogP contribution in [0.3, 0.4) is 0 Å². The minimum absolute atomic E-state index is 0.803. The molecule has 8 fully saturated rings. The third-order valence-corrected chi connectivity index (χ3v) is 10.4. The quantitative estimate of drug-likeness (QED) is 0.525. The second-order valence-electron chi connectivity index (χ2n) is 11.7. The lowest BCUT2D eigenvalue weighted by atomic mass is 9.38. The Hall–Kier alpha value is 0.430. The first kappa shape index (κ1) is 15.5. The van der Waals surface area contributed by atoms with Crippen molar-refractivity contribution in [1.29, 1.82) is 0 Å². The van der Waals surface area contributed by atoms with E-state index in [1.807, 2.05) is 0 Å². The lowest BCUT2D eigenvalue weighted by Crippen LogP contribution is -2.58. The third-order valence-electron chi connectivity index (χ3n) is 10.1. The summed E-state index contributed by atoms with van der Waals surface area (Å²) in [6.07, 6.45) is 22.5. The van der Waals surface area contributed by atoms with E-state index in [4.69, 9.17) is 0 Å². The van der Waals surface area contributed by atoms with E-state index in [9.17, 15) is 0 Å². The van der Waals surface area contributed by atoms with Gasteiger partial charge < -0.3 is 0 Å². The van der Waals surface area contributed by atoms with Crippen LogP contribution in [0.25, 0.3) is 0 Å². The van der Waals surface area contributed by atoms with Crippen molar-refractivity contribution in [2.24, 2.45) is 52.3 Å². The van der Waals surface area contributed by atoms with Crippen molar-refractivity contribution in [2.45, 2.75) is 83.5 Å². The molecule has 8 bridgehead atoms. The monoisotopic (exact) mass is 344 g/mol. The average molecular weight is 345 g/mol. The highest BCUT2D eigenvalue weighted by Crippen LogP contribution is 2.71. The van der Waals surface area contributed by atoms with Gasteiger partial charge in [-0.1, -0.05) is 0 Å². The second kappa shape index (κ2) is 5.24. The molecular weight excluding hydrogens is 307 g/mol. The fourth-order valence-corrected chi connectivity index (χ4v) is 11.0. The van der Waals surface area contributed by atoms with Gasteiger partial charge >= 0.3 is 0 Å². The maximum atomic E-state index is 3.12. The first-order chi connectivity index (χ1) is 11.7. The zero-order valence-corrected chi connectivity index (χ0v) is 16.7. The predicted octanol–water partition coefficient (Wildman–Crippen LogP) is 6.30. The van der Waals surface area contributed by atoms with Crippen molar-refractivity contribution in [1.82, 2.24) is 0 Å². The molecule has 0 radical (unpaired) electrons. The van der Waals surface area contributed by atoms with Crippen LogP contribution in [0.1, 0.15) is 83.5 Å². The molecule has 0 N–H and O–H groups in total. The Bertz CT molecular complexity index is 406. The molecule has 0 saturated heterocycles. The highest BCUT2D eigenvalue weighted by molar-refractivity contribution is 7.16. The topological polar surface area (TPSA) is 0 Å². The van der Waals surface area contributed by atoms with E-state index in [0.717, 1.165) is 52.3 Å². The Labute approximate surface area is 151 Å². The van der Waals surface area contributed by atoms with Crippen molar-refractivity contribution >= 4 is 9.24 Å². The van der Waals surface area contributed by atoms with Crippen LogP contribution in [0.4, 0.5) is 0 Å². The maximum Gasteiger partial charge on any atom is -0.0256 e. The van der Waals surface area contributed by atoms with Gasteiger partial charge in [-0.2, -0.15) is 0 Å². The molecule has 134 valence electrons. The van der Waals surface area contributed by atoms with Gasteiger partial charge in [0.15, 0.2) is 0 Å². The van der Waals surface area contributed by atoms with Crippen LogP contribution in [-0.2, 0) is 0 Å². The first-order valence-corrected chi connectivity index (χ1v) is 12.2. The lowest BCUT2D eigenvalue weighted by molar-refractivity contribution is -0.172. The Kier molecular flexibility index (Phi) is 3.38. The molecule has 0 nitrogen and oxygen atoms in total. The van der Waals surface area contributed by atoms with Crippen molar-refractivity contribution in [3.63, 3.8) is 0 Å². The molecule has 8 aliphatic rings. The molecule has 8 rings (SSSR count). The van der Waals surface area contributed by atoms with Crippen molar-refractivity contribution < 1.29 is 0 Å². The molecule has 1 unspecified atom stereocenters. The minimum Gasteiger partial charge on any atom is -0.138 e. The van der Waals surface area contributed by atoms with Crippen LogP contribution in [0.5, 0.6) is 0 Å². The molecule has 0 amide bonds. The minimum atomic E-state index is 0.803. The van der Waals surface area contributed by atoms with Crippen LogP contribution < -0.4 is 0 Å². The Balaban J connectivity index is 1.38. The van der Waals surface area contributed by atoms with Gasteiger partial charge in [0.25, 0.3) is 0 Å². The summed E-state index contributed by atoms with van der Waals surface area (Å²) in [4.78, 5) is 0. The Morgan fingerprint density at radius 2 is 0.875 bits per heavy atom. The summed E-state index contributed by atoms with van der Waals surface area (Å²) in [5.74, 6) is 7.92. The molecule has 1 atom stereocenters. The molecule has 0 aromatic heterocycles. The Morgan fingerprint density at radius 3 is 1.12 bits per heavy atom. The van der Waals surface area contributed by atoms with E-state index in [1.54, 1.807) is 83.5 Å². The summed E-state index contributed by atoms with van der Waals surface area (Å²) >= 11 is 0. The van der Waals surface area contributed by atoms with Crippen molar-refractivity contribution in [3.8, 4) is 0 Å². The highest BCUT2D eigenvalue weighted by atomic mass is 31.0. The van der Waals surface area contributed by atoms with E-state index in [2.05, 4.69) is 9.24 Å². The fraction of sp³-hybridized carbons (Fsp3) is 1.00. The van der Waals surface area contributed by atoms with Crippen LogP contribution in [0, 0.1) is 52.3 Å². The molecule has 24 heavy (non-hydrogen) atoms. The van der Waals surface area contributed by atoms with Gasteiger partial charge in [-0.25, -0.2) is 0 Å². The predicted molar refractivity (Wildman–Crippen MR) is 104 cm³/mol. The van der Waals surface area contributed by atoms with Gasteiger partial charge in [0, 0.05) is 0 Å². The second-order valence-corrected chi connectivity index (χ2v) is 12.3. The van der Waals surface area contributed by atoms with Crippen LogP contribution in [-0.4, -0.2) is 6.16 Å². The average Bonchev–Trinajstić information content (AvgIpc) is 2.49. The number of hydrogen-bond donors (Lipinski definition) is 0. The van der Waals surface area contributed by atoms with Gasteiger partial charge in [-0.05, 0) is 142 Å². The largest absolute Gasteiger partial charge is 0.138 e. The van der Waals surface area contributed by atoms with Crippen LogP contribution in [0.2, 0.25) is 0 Å². The number of rotatable bonds is 4. The van der Waals surface area contributed by atoms with Crippen LogP contribution in [0.15, 0.2) is 0 Å². The molecule has 0 heterocycles. The molecule has 0 spiro atoms. The summed E-state index contributed by atoms with van der Waals surface area (Å²) in [5.41, 5.74) is 1.61. The molecule has 8 saturated carbocycles. The normalized spacial score (nSPS) is 58.4. The van der Waals surface area contributed by atoms with Gasteiger partial charge in [-0.3, -0.25) is 0 Å². The molecule has 0 aliphatic heterocycles.